The van der Waals surface area contributed by atoms with Crippen molar-refractivity contribution in [3.63, 3.8) is 0 Å². The number of nitrogens with zero attached hydrogens (tertiary/aromatic N) is 1. The molecule has 1 aromatic carbocycles. The van der Waals surface area contributed by atoms with E-state index in [1.54, 1.807) is 6.20 Å². The summed E-state index contributed by atoms with van der Waals surface area (Å²) in [4.78, 5) is 15.2. The van der Waals surface area contributed by atoms with Crippen molar-refractivity contribution < 1.29 is 13.9 Å². The molecule has 1 unspecified atom stereocenters. The van der Waals surface area contributed by atoms with Crippen molar-refractivity contribution >= 4 is 17.3 Å². The third-order valence-corrected chi connectivity index (χ3v) is 4.27. The lowest BCUT2D eigenvalue weighted by Crippen LogP contribution is -2.21. The van der Waals surface area contributed by atoms with Gasteiger partial charge in [-0.15, -0.1) is 0 Å². The highest BCUT2D eigenvalue weighted by molar-refractivity contribution is 5.93. The number of furan rings is 1. The van der Waals surface area contributed by atoms with Gasteiger partial charge in [-0.3, -0.25) is 9.78 Å². The Morgan fingerprint density at radius 1 is 1.32 bits per heavy atom. The molecule has 3 aromatic rings. The van der Waals surface area contributed by atoms with E-state index >= 15 is 0 Å². The van der Waals surface area contributed by atoms with Gasteiger partial charge in [-0.2, -0.15) is 0 Å². The highest BCUT2D eigenvalue weighted by atomic mass is 16.5. The fraction of sp³-hybridized carbons (Fsp3) is 0.300. The Morgan fingerprint density at radius 3 is 2.96 bits per heavy atom. The van der Waals surface area contributed by atoms with Gasteiger partial charge in [-0.25, -0.2) is 0 Å². The molecule has 0 radical (unpaired) electrons. The van der Waals surface area contributed by atoms with Crippen molar-refractivity contribution in [2.75, 3.05) is 13.2 Å². The molecular formula is C20H22N2O3. The number of carbonyl (C=O) groups is 1. The highest BCUT2D eigenvalue weighted by Gasteiger charge is 2.14. The lowest BCUT2D eigenvalue weighted by molar-refractivity contribution is 0.110. The predicted molar refractivity (Wildman–Crippen MR) is 97.1 cm³/mol. The van der Waals surface area contributed by atoms with E-state index in [4.69, 9.17) is 9.15 Å². The first-order chi connectivity index (χ1) is 12.2. The maximum Gasteiger partial charge on any atom is 0.185 e. The van der Waals surface area contributed by atoms with Gasteiger partial charge in [0.25, 0.3) is 0 Å². The van der Waals surface area contributed by atoms with Crippen molar-refractivity contribution in [1.29, 1.82) is 0 Å². The van der Waals surface area contributed by atoms with Crippen LogP contribution in [0.4, 0.5) is 0 Å². The molecule has 0 aliphatic heterocycles. The Labute approximate surface area is 147 Å². The van der Waals surface area contributed by atoms with E-state index in [9.17, 15) is 4.79 Å². The third-order valence-electron chi connectivity index (χ3n) is 4.27. The molecule has 5 nitrogen and oxygen atoms in total. The summed E-state index contributed by atoms with van der Waals surface area (Å²) in [5.41, 5.74) is 2.67. The lowest BCUT2D eigenvalue weighted by atomic mass is 10.1. The van der Waals surface area contributed by atoms with Gasteiger partial charge in [-0.05, 0) is 50.6 Å². The first-order valence-electron chi connectivity index (χ1n) is 8.44. The molecule has 0 amide bonds. The molecule has 1 N–H and O–H groups in total. The van der Waals surface area contributed by atoms with Gasteiger partial charge in [0.2, 0.25) is 0 Å². The normalized spacial score (nSPS) is 12.2. The van der Waals surface area contributed by atoms with Gasteiger partial charge in [-0.1, -0.05) is 12.1 Å². The zero-order chi connectivity index (χ0) is 17.6. The van der Waals surface area contributed by atoms with Gasteiger partial charge >= 0.3 is 0 Å². The van der Waals surface area contributed by atoms with Crippen LogP contribution in [0.1, 0.15) is 41.1 Å². The number of hydrogen-bond acceptors (Lipinski definition) is 5. The summed E-state index contributed by atoms with van der Waals surface area (Å²) in [5, 5.41) is 4.34. The van der Waals surface area contributed by atoms with Crippen molar-refractivity contribution in [3.05, 3.63) is 59.6 Å². The maximum absolute atomic E-state index is 11.0. The summed E-state index contributed by atoms with van der Waals surface area (Å²) in [5.74, 6) is 1.12. The van der Waals surface area contributed by atoms with E-state index in [1.165, 1.54) is 5.56 Å². The number of pyridine rings is 1. The molecule has 0 saturated heterocycles. The Kier molecular flexibility index (Phi) is 5.46. The van der Waals surface area contributed by atoms with E-state index in [0.29, 0.717) is 18.0 Å². The minimum absolute atomic E-state index is 0.253. The SMILES string of the molecule is Cc1c(C=O)oc2cccc(OCCCNC(C)c3cccnc3)c12. The van der Waals surface area contributed by atoms with Gasteiger partial charge in [0.05, 0.1) is 12.0 Å². The molecule has 0 bridgehead atoms. The molecule has 0 aliphatic carbocycles. The van der Waals surface area contributed by atoms with Gasteiger partial charge in [0, 0.05) is 24.0 Å². The van der Waals surface area contributed by atoms with Crippen LogP contribution in [-0.4, -0.2) is 24.4 Å². The summed E-state index contributed by atoms with van der Waals surface area (Å²) in [7, 11) is 0. The Hall–Kier alpha value is -2.66. The van der Waals surface area contributed by atoms with Crippen LogP contribution in [0.15, 0.2) is 47.1 Å². The number of aromatic nitrogens is 1. The van der Waals surface area contributed by atoms with Crippen molar-refractivity contribution in [3.8, 4) is 5.75 Å². The summed E-state index contributed by atoms with van der Waals surface area (Å²) in [6, 6.07) is 9.89. The second-order valence-electron chi connectivity index (χ2n) is 6.00. The number of rotatable bonds is 8. The third kappa shape index (κ3) is 3.88. The summed E-state index contributed by atoms with van der Waals surface area (Å²) >= 11 is 0. The van der Waals surface area contributed by atoms with E-state index < -0.39 is 0 Å². The Balaban J connectivity index is 1.53. The first-order valence-corrected chi connectivity index (χ1v) is 8.44. The number of aryl methyl sites for hydroxylation is 1. The van der Waals surface area contributed by atoms with Crippen LogP contribution in [0, 0.1) is 6.92 Å². The number of ether oxygens (including phenoxy) is 1. The number of carbonyl (C=O) groups excluding carboxylic acids is 1. The van der Waals surface area contributed by atoms with Gasteiger partial charge in [0.1, 0.15) is 11.3 Å². The molecule has 0 aliphatic rings. The zero-order valence-corrected chi connectivity index (χ0v) is 14.5. The average molecular weight is 338 g/mol. The molecule has 3 rings (SSSR count). The molecule has 0 spiro atoms. The van der Waals surface area contributed by atoms with Crippen molar-refractivity contribution in [2.24, 2.45) is 0 Å². The summed E-state index contributed by atoms with van der Waals surface area (Å²) in [6.07, 6.45) is 5.26. The fourth-order valence-corrected chi connectivity index (χ4v) is 2.84. The molecule has 2 aromatic heterocycles. The van der Waals surface area contributed by atoms with Crippen molar-refractivity contribution in [1.82, 2.24) is 10.3 Å². The van der Waals surface area contributed by atoms with E-state index in [-0.39, 0.29) is 6.04 Å². The number of nitrogens with one attached hydrogen (secondary N) is 1. The topological polar surface area (TPSA) is 64.4 Å². The summed E-state index contributed by atoms with van der Waals surface area (Å²) < 4.78 is 11.4. The molecule has 5 heteroatoms. The molecule has 2 heterocycles. The second-order valence-corrected chi connectivity index (χ2v) is 6.00. The minimum atomic E-state index is 0.253. The predicted octanol–water partition coefficient (Wildman–Crippen LogP) is 4.07. The quantitative estimate of drug-likeness (QED) is 0.495. The van der Waals surface area contributed by atoms with Crippen LogP contribution in [0.2, 0.25) is 0 Å². The number of hydrogen-bond donors (Lipinski definition) is 1. The molecule has 25 heavy (non-hydrogen) atoms. The first kappa shape index (κ1) is 17.2. The lowest BCUT2D eigenvalue weighted by Gasteiger charge is -2.14. The average Bonchev–Trinajstić information content (AvgIpc) is 2.98. The molecule has 130 valence electrons. The van der Waals surface area contributed by atoms with Crippen LogP contribution >= 0.6 is 0 Å². The number of fused-ring (bicyclic) bond motifs is 1. The van der Waals surface area contributed by atoms with Gasteiger partial charge < -0.3 is 14.5 Å². The zero-order valence-electron chi connectivity index (χ0n) is 14.5. The molecule has 1 atom stereocenters. The molecular weight excluding hydrogens is 316 g/mol. The van der Waals surface area contributed by atoms with E-state index in [0.717, 1.165) is 36.0 Å². The Bertz CT molecular complexity index is 843. The van der Waals surface area contributed by atoms with Crippen LogP contribution in [0.25, 0.3) is 11.0 Å². The van der Waals surface area contributed by atoms with E-state index in [2.05, 4.69) is 23.3 Å². The highest BCUT2D eigenvalue weighted by Crippen LogP contribution is 2.32. The largest absolute Gasteiger partial charge is 0.493 e. The van der Waals surface area contributed by atoms with Crippen LogP contribution in [0.3, 0.4) is 0 Å². The van der Waals surface area contributed by atoms with Crippen LogP contribution in [0.5, 0.6) is 5.75 Å². The van der Waals surface area contributed by atoms with E-state index in [1.807, 2.05) is 37.4 Å². The second kappa shape index (κ2) is 7.94. The molecule has 0 saturated carbocycles. The maximum atomic E-state index is 11.0. The minimum Gasteiger partial charge on any atom is -0.493 e. The smallest absolute Gasteiger partial charge is 0.185 e. The standard InChI is InChI=1S/C20H22N2O3/c1-14-19(13-23)25-18-8-3-7-17(20(14)18)24-11-5-10-22-15(2)16-6-4-9-21-12-16/h3-4,6-9,12-13,15,22H,5,10-11H2,1-2H3. The number of aldehydes is 1. The fourth-order valence-electron chi connectivity index (χ4n) is 2.84. The summed E-state index contributed by atoms with van der Waals surface area (Å²) in [6.45, 7) is 5.43. The molecule has 0 fully saturated rings. The van der Waals surface area contributed by atoms with Gasteiger partial charge in [0.15, 0.2) is 12.0 Å². The van der Waals surface area contributed by atoms with Crippen LogP contribution < -0.4 is 10.1 Å². The Morgan fingerprint density at radius 2 is 2.20 bits per heavy atom. The number of benzene rings is 1. The van der Waals surface area contributed by atoms with Crippen LogP contribution in [-0.2, 0) is 0 Å². The van der Waals surface area contributed by atoms with Crippen molar-refractivity contribution in [2.45, 2.75) is 26.3 Å². The monoisotopic (exact) mass is 338 g/mol.